The number of ether oxygens (including phenoxy) is 1. The first-order valence-corrected chi connectivity index (χ1v) is 4.41. The highest BCUT2D eigenvalue weighted by Crippen LogP contribution is 1.93. The van der Waals surface area contributed by atoms with Crippen LogP contribution in [0.3, 0.4) is 0 Å². The van der Waals surface area contributed by atoms with Gasteiger partial charge < -0.3 is 15.0 Å². The summed E-state index contributed by atoms with van der Waals surface area (Å²) in [6.45, 7) is 6.16. The monoisotopic (exact) mass is 208 g/mol. The van der Waals surface area contributed by atoms with E-state index in [0.29, 0.717) is 6.61 Å². The molecule has 0 aliphatic carbocycles. The molecule has 0 aromatic carbocycles. The van der Waals surface area contributed by atoms with Crippen LogP contribution >= 0.6 is 12.4 Å². The van der Waals surface area contributed by atoms with Gasteiger partial charge in [-0.2, -0.15) is 0 Å². The minimum absolute atomic E-state index is 0. The molecule has 1 heterocycles. The van der Waals surface area contributed by atoms with E-state index in [-0.39, 0.29) is 24.9 Å². The molecule has 1 aliphatic rings. The molecule has 78 valence electrons. The SMILES string of the molecule is CCOCC(=O)N1CCNCC1.Cl. The van der Waals surface area contributed by atoms with Crippen LogP contribution in [0.5, 0.6) is 0 Å². The van der Waals surface area contributed by atoms with Gasteiger partial charge in [0, 0.05) is 32.8 Å². The van der Waals surface area contributed by atoms with E-state index in [1.165, 1.54) is 0 Å². The Hall–Kier alpha value is -0.320. The van der Waals surface area contributed by atoms with Crippen molar-refractivity contribution in [2.45, 2.75) is 6.92 Å². The first-order valence-electron chi connectivity index (χ1n) is 4.41. The minimum atomic E-state index is 0. The van der Waals surface area contributed by atoms with Gasteiger partial charge in [0.05, 0.1) is 0 Å². The number of amides is 1. The Kier molecular flexibility index (Phi) is 6.94. The van der Waals surface area contributed by atoms with E-state index in [2.05, 4.69) is 5.32 Å². The predicted molar refractivity (Wildman–Crippen MR) is 53.2 cm³/mol. The first-order chi connectivity index (χ1) is 5.84. The third kappa shape index (κ3) is 4.45. The summed E-state index contributed by atoms with van der Waals surface area (Å²) < 4.78 is 5.04. The van der Waals surface area contributed by atoms with Gasteiger partial charge in [0.1, 0.15) is 6.61 Å². The van der Waals surface area contributed by atoms with Gasteiger partial charge in [-0.15, -0.1) is 12.4 Å². The maximum atomic E-state index is 11.3. The average Bonchev–Trinajstić information content (AvgIpc) is 2.15. The Bertz CT molecular complexity index is 149. The summed E-state index contributed by atoms with van der Waals surface area (Å²) in [5.74, 6) is 0.110. The van der Waals surface area contributed by atoms with Gasteiger partial charge in [-0.05, 0) is 6.92 Å². The van der Waals surface area contributed by atoms with E-state index in [9.17, 15) is 4.79 Å². The lowest BCUT2D eigenvalue weighted by atomic mass is 10.3. The number of halogens is 1. The molecule has 1 amide bonds. The number of rotatable bonds is 3. The molecule has 1 aliphatic heterocycles. The lowest BCUT2D eigenvalue weighted by Crippen LogP contribution is -2.47. The molecule has 0 atom stereocenters. The molecule has 13 heavy (non-hydrogen) atoms. The van der Waals surface area contributed by atoms with Crippen LogP contribution in [0.4, 0.5) is 0 Å². The van der Waals surface area contributed by atoms with Gasteiger partial charge in [0.25, 0.3) is 0 Å². The molecule has 0 bridgehead atoms. The van der Waals surface area contributed by atoms with Gasteiger partial charge in [-0.3, -0.25) is 4.79 Å². The number of nitrogens with one attached hydrogen (secondary N) is 1. The van der Waals surface area contributed by atoms with Gasteiger partial charge >= 0.3 is 0 Å². The van der Waals surface area contributed by atoms with Gasteiger partial charge in [-0.1, -0.05) is 0 Å². The zero-order valence-electron chi connectivity index (χ0n) is 7.91. The normalized spacial score (nSPS) is 16.5. The van der Waals surface area contributed by atoms with Crippen molar-refractivity contribution in [3.05, 3.63) is 0 Å². The van der Waals surface area contributed by atoms with Crippen molar-refractivity contribution in [3.63, 3.8) is 0 Å². The summed E-state index contributed by atoms with van der Waals surface area (Å²) in [6.07, 6.45) is 0. The second-order valence-electron chi connectivity index (χ2n) is 2.77. The van der Waals surface area contributed by atoms with Crippen LogP contribution in [0.15, 0.2) is 0 Å². The van der Waals surface area contributed by atoms with Crippen molar-refractivity contribution < 1.29 is 9.53 Å². The highest BCUT2D eigenvalue weighted by Gasteiger charge is 2.15. The Balaban J connectivity index is 0.00000144. The number of carbonyl (C=O) groups is 1. The number of piperazine rings is 1. The highest BCUT2D eigenvalue weighted by atomic mass is 35.5. The molecule has 0 unspecified atom stereocenters. The van der Waals surface area contributed by atoms with Crippen LogP contribution in [0.2, 0.25) is 0 Å². The van der Waals surface area contributed by atoms with Crippen molar-refractivity contribution in [2.24, 2.45) is 0 Å². The maximum Gasteiger partial charge on any atom is 0.248 e. The fraction of sp³-hybridized carbons (Fsp3) is 0.875. The molecule has 1 N–H and O–H groups in total. The van der Waals surface area contributed by atoms with Crippen LogP contribution in [-0.4, -0.2) is 50.2 Å². The number of hydrogen-bond acceptors (Lipinski definition) is 3. The lowest BCUT2D eigenvalue weighted by molar-refractivity contribution is -0.136. The predicted octanol–water partition coefficient (Wildman–Crippen LogP) is -0.123. The molecule has 0 spiro atoms. The van der Waals surface area contributed by atoms with Crippen molar-refractivity contribution >= 4 is 18.3 Å². The largest absolute Gasteiger partial charge is 0.372 e. The molecule has 4 nitrogen and oxygen atoms in total. The molecule has 0 radical (unpaired) electrons. The second-order valence-corrected chi connectivity index (χ2v) is 2.77. The second kappa shape index (κ2) is 7.12. The van der Waals surface area contributed by atoms with Gasteiger partial charge in [-0.25, -0.2) is 0 Å². The molecule has 1 fully saturated rings. The topological polar surface area (TPSA) is 41.6 Å². The van der Waals surface area contributed by atoms with Crippen LogP contribution < -0.4 is 5.32 Å². The molecule has 0 saturated carbocycles. The average molecular weight is 209 g/mol. The van der Waals surface area contributed by atoms with Crippen LogP contribution in [0.25, 0.3) is 0 Å². The Labute approximate surface area is 85.0 Å². The van der Waals surface area contributed by atoms with E-state index in [0.717, 1.165) is 26.2 Å². The van der Waals surface area contributed by atoms with E-state index < -0.39 is 0 Å². The summed E-state index contributed by atoms with van der Waals surface area (Å²) in [5, 5.41) is 3.19. The Morgan fingerprint density at radius 1 is 1.46 bits per heavy atom. The first kappa shape index (κ1) is 12.7. The molecular formula is C8H17ClN2O2. The fourth-order valence-corrected chi connectivity index (χ4v) is 1.19. The molecule has 0 aromatic rings. The van der Waals surface area contributed by atoms with Crippen molar-refractivity contribution in [1.82, 2.24) is 10.2 Å². The number of carbonyl (C=O) groups excluding carboxylic acids is 1. The Morgan fingerprint density at radius 3 is 2.62 bits per heavy atom. The summed E-state index contributed by atoms with van der Waals surface area (Å²) in [4.78, 5) is 13.2. The molecule has 5 heteroatoms. The van der Waals surface area contributed by atoms with E-state index in [4.69, 9.17) is 4.74 Å². The summed E-state index contributed by atoms with van der Waals surface area (Å²) in [6, 6.07) is 0. The van der Waals surface area contributed by atoms with E-state index >= 15 is 0 Å². The number of nitrogens with zero attached hydrogens (tertiary/aromatic N) is 1. The van der Waals surface area contributed by atoms with E-state index in [1.807, 2.05) is 11.8 Å². The lowest BCUT2D eigenvalue weighted by Gasteiger charge is -2.27. The standard InChI is InChI=1S/C8H16N2O2.ClH/c1-2-12-7-8(11)10-5-3-9-4-6-10;/h9H,2-7H2,1H3;1H. The summed E-state index contributed by atoms with van der Waals surface area (Å²) in [7, 11) is 0. The summed E-state index contributed by atoms with van der Waals surface area (Å²) in [5.41, 5.74) is 0. The third-order valence-electron chi connectivity index (χ3n) is 1.90. The molecule has 0 aromatic heterocycles. The van der Waals surface area contributed by atoms with Crippen molar-refractivity contribution in [1.29, 1.82) is 0 Å². The molecule has 1 rings (SSSR count). The number of hydrogen-bond donors (Lipinski definition) is 1. The van der Waals surface area contributed by atoms with Crippen molar-refractivity contribution in [2.75, 3.05) is 39.4 Å². The minimum Gasteiger partial charge on any atom is -0.372 e. The summed E-state index contributed by atoms with van der Waals surface area (Å²) >= 11 is 0. The zero-order chi connectivity index (χ0) is 8.81. The molecular weight excluding hydrogens is 192 g/mol. The van der Waals surface area contributed by atoms with Crippen LogP contribution in [0.1, 0.15) is 6.92 Å². The third-order valence-corrected chi connectivity index (χ3v) is 1.90. The highest BCUT2D eigenvalue weighted by molar-refractivity contribution is 5.85. The zero-order valence-corrected chi connectivity index (χ0v) is 8.73. The van der Waals surface area contributed by atoms with Gasteiger partial charge in [0.2, 0.25) is 5.91 Å². The van der Waals surface area contributed by atoms with Crippen LogP contribution in [-0.2, 0) is 9.53 Å². The van der Waals surface area contributed by atoms with Crippen LogP contribution in [0, 0.1) is 0 Å². The fourth-order valence-electron chi connectivity index (χ4n) is 1.19. The quantitative estimate of drug-likeness (QED) is 0.703. The maximum absolute atomic E-state index is 11.3. The van der Waals surface area contributed by atoms with Crippen molar-refractivity contribution in [3.8, 4) is 0 Å². The Morgan fingerprint density at radius 2 is 2.08 bits per heavy atom. The smallest absolute Gasteiger partial charge is 0.248 e. The van der Waals surface area contributed by atoms with Gasteiger partial charge in [0.15, 0.2) is 0 Å². The van der Waals surface area contributed by atoms with E-state index in [1.54, 1.807) is 0 Å². The molecule has 1 saturated heterocycles.